The summed E-state index contributed by atoms with van der Waals surface area (Å²) in [4.78, 5) is 10.6. The Kier molecular flexibility index (Phi) is 5.27. The molecule has 28 heavy (non-hydrogen) atoms. The molecule has 0 saturated carbocycles. The quantitative estimate of drug-likeness (QED) is 0.491. The van der Waals surface area contributed by atoms with Gasteiger partial charge in [0.05, 0.1) is 9.82 Å². The molecule has 144 valence electrons. The largest absolute Gasteiger partial charge is 0.349 e. The summed E-state index contributed by atoms with van der Waals surface area (Å²) >= 11 is 0. The molecule has 9 heteroatoms. The van der Waals surface area contributed by atoms with E-state index in [4.69, 9.17) is 4.52 Å². The van der Waals surface area contributed by atoms with Crippen LogP contribution in [0.1, 0.15) is 22.6 Å². The average molecular weight is 399 g/mol. The number of nitrogens with zero attached hydrogens (tertiary/aromatic N) is 2. The molecule has 2 aromatic carbocycles. The van der Waals surface area contributed by atoms with Crippen LogP contribution in [0.15, 0.2) is 57.9 Å². The van der Waals surface area contributed by atoms with E-state index in [1.54, 1.807) is 36.4 Å². The number of hydrogen-bond acceptors (Lipinski definition) is 6. The van der Waals surface area contributed by atoms with Crippen molar-refractivity contribution >= 4 is 33.6 Å². The van der Waals surface area contributed by atoms with Gasteiger partial charge in [-0.1, -0.05) is 35.5 Å². The van der Waals surface area contributed by atoms with E-state index in [0.29, 0.717) is 11.3 Å². The van der Waals surface area contributed by atoms with Crippen LogP contribution in [-0.4, -0.2) is 18.5 Å². The minimum Gasteiger partial charge on any atom is -0.349 e. The van der Waals surface area contributed by atoms with Crippen LogP contribution in [0.5, 0.6) is 0 Å². The molecule has 0 fully saturated rings. The zero-order chi connectivity index (χ0) is 20.3. The van der Waals surface area contributed by atoms with Crippen LogP contribution in [0.25, 0.3) is 12.2 Å². The zero-order valence-electron chi connectivity index (χ0n) is 15.1. The SMILES string of the molecule is Cc1cccc(NS(=O)(=O)c2ccc(C=Cc3onc(C)c3[N+](=O)[O-])cc2)c1. The third-order valence-electron chi connectivity index (χ3n) is 3.93. The smallest absolute Gasteiger partial charge is 0.338 e. The Labute approximate surface area is 161 Å². The number of anilines is 1. The second-order valence-electron chi connectivity index (χ2n) is 6.12. The molecule has 8 nitrogen and oxygen atoms in total. The molecule has 0 spiro atoms. The molecular formula is C19H17N3O5S. The number of nitrogens with one attached hydrogen (secondary N) is 1. The third kappa shape index (κ3) is 4.26. The van der Waals surface area contributed by atoms with Crippen molar-refractivity contribution in [2.24, 2.45) is 0 Å². The number of aromatic nitrogens is 1. The van der Waals surface area contributed by atoms with Gasteiger partial charge in [-0.25, -0.2) is 8.42 Å². The number of hydrogen-bond donors (Lipinski definition) is 1. The van der Waals surface area contributed by atoms with Crippen LogP contribution >= 0.6 is 0 Å². The summed E-state index contributed by atoms with van der Waals surface area (Å²) in [5.41, 5.74) is 2.07. The summed E-state index contributed by atoms with van der Waals surface area (Å²) in [7, 11) is -3.72. The van der Waals surface area contributed by atoms with E-state index in [-0.39, 0.29) is 22.0 Å². The highest BCUT2D eigenvalue weighted by molar-refractivity contribution is 7.92. The fourth-order valence-electron chi connectivity index (χ4n) is 2.57. The average Bonchev–Trinajstić information content (AvgIpc) is 3.01. The molecule has 0 atom stereocenters. The Morgan fingerprint density at radius 2 is 1.82 bits per heavy atom. The summed E-state index contributed by atoms with van der Waals surface area (Å²) in [5.74, 6) is 0.0281. The van der Waals surface area contributed by atoms with Gasteiger partial charge in [-0.05, 0) is 55.3 Å². The Hall–Kier alpha value is -3.46. The Morgan fingerprint density at radius 1 is 1.11 bits per heavy atom. The Morgan fingerprint density at radius 3 is 2.46 bits per heavy atom. The predicted molar refractivity (Wildman–Crippen MR) is 105 cm³/mol. The van der Waals surface area contributed by atoms with E-state index in [9.17, 15) is 18.5 Å². The highest BCUT2D eigenvalue weighted by atomic mass is 32.2. The number of sulfonamides is 1. The first-order valence-corrected chi connectivity index (χ1v) is 9.73. The van der Waals surface area contributed by atoms with E-state index in [2.05, 4.69) is 9.88 Å². The third-order valence-corrected chi connectivity index (χ3v) is 5.32. The van der Waals surface area contributed by atoms with Crippen molar-refractivity contribution in [3.63, 3.8) is 0 Å². The molecular weight excluding hydrogens is 382 g/mol. The zero-order valence-corrected chi connectivity index (χ0v) is 15.9. The van der Waals surface area contributed by atoms with Gasteiger partial charge in [0, 0.05) is 5.69 Å². The van der Waals surface area contributed by atoms with Crippen molar-refractivity contribution < 1.29 is 17.9 Å². The van der Waals surface area contributed by atoms with Crippen molar-refractivity contribution in [3.05, 3.63) is 81.2 Å². The van der Waals surface area contributed by atoms with Crippen LogP contribution in [0.2, 0.25) is 0 Å². The van der Waals surface area contributed by atoms with Crippen molar-refractivity contribution in [3.8, 4) is 0 Å². The molecule has 1 aromatic heterocycles. The molecule has 0 radical (unpaired) electrons. The number of nitro groups is 1. The molecule has 0 amide bonds. The van der Waals surface area contributed by atoms with E-state index in [1.165, 1.54) is 25.1 Å². The van der Waals surface area contributed by atoms with Gasteiger partial charge in [0.15, 0.2) is 5.69 Å². The van der Waals surface area contributed by atoms with Gasteiger partial charge in [0.1, 0.15) is 0 Å². The van der Waals surface area contributed by atoms with E-state index in [0.717, 1.165) is 5.56 Å². The Balaban J connectivity index is 1.79. The van der Waals surface area contributed by atoms with Crippen LogP contribution in [-0.2, 0) is 10.0 Å². The van der Waals surface area contributed by atoms with E-state index < -0.39 is 14.9 Å². The van der Waals surface area contributed by atoms with Crippen LogP contribution < -0.4 is 4.72 Å². The predicted octanol–water partition coefficient (Wildman–Crippen LogP) is 4.17. The first kappa shape index (κ1) is 19.3. The minimum atomic E-state index is -3.72. The summed E-state index contributed by atoms with van der Waals surface area (Å²) in [5, 5.41) is 14.6. The van der Waals surface area contributed by atoms with Crippen molar-refractivity contribution in [1.82, 2.24) is 5.16 Å². The van der Waals surface area contributed by atoms with Gasteiger partial charge in [0.25, 0.3) is 10.0 Å². The summed E-state index contributed by atoms with van der Waals surface area (Å²) < 4.78 is 32.5. The van der Waals surface area contributed by atoms with Gasteiger partial charge in [0.2, 0.25) is 5.76 Å². The van der Waals surface area contributed by atoms with Gasteiger partial charge < -0.3 is 4.52 Å². The first-order chi connectivity index (χ1) is 13.3. The maximum atomic E-state index is 12.5. The molecule has 0 saturated heterocycles. The van der Waals surface area contributed by atoms with Crippen LogP contribution in [0.3, 0.4) is 0 Å². The highest BCUT2D eigenvalue weighted by Gasteiger charge is 2.22. The molecule has 1 heterocycles. The maximum absolute atomic E-state index is 12.5. The van der Waals surface area contributed by atoms with E-state index in [1.807, 2.05) is 13.0 Å². The fraction of sp³-hybridized carbons (Fsp3) is 0.105. The fourth-order valence-corrected chi connectivity index (χ4v) is 3.62. The molecule has 0 aliphatic rings. The van der Waals surface area contributed by atoms with Gasteiger partial charge in [-0.3, -0.25) is 14.8 Å². The maximum Gasteiger partial charge on any atom is 0.338 e. The van der Waals surface area contributed by atoms with E-state index >= 15 is 0 Å². The molecule has 0 aliphatic carbocycles. The molecule has 1 N–H and O–H groups in total. The lowest BCUT2D eigenvalue weighted by molar-refractivity contribution is -0.386. The van der Waals surface area contributed by atoms with Gasteiger partial charge in [-0.2, -0.15) is 0 Å². The first-order valence-electron chi connectivity index (χ1n) is 8.24. The lowest BCUT2D eigenvalue weighted by atomic mass is 10.2. The number of aryl methyl sites for hydroxylation is 2. The molecule has 0 aliphatic heterocycles. The lowest BCUT2D eigenvalue weighted by Crippen LogP contribution is -2.12. The standard InChI is InChI=1S/C19H17N3O5S/c1-13-4-3-5-16(12-13)21-28(25,26)17-9-6-15(7-10-17)8-11-18-19(22(23)24)14(2)20-27-18/h3-12,21H,1-2H3. The second-order valence-corrected chi connectivity index (χ2v) is 7.80. The van der Waals surface area contributed by atoms with Crippen LogP contribution in [0, 0.1) is 24.0 Å². The minimum absolute atomic E-state index is 0.0281. The summed E-state index contributed by atoms with van der Waals surface area (Å²) in [6.45, 7) is 3.36. The van der Waals surface area contributed by atoms with Crippen LogP contribution in [0.4, 0.5) is 11.4 Å². The molecule has 3 aromatic rings. The highest BCUT2D eigenvalue weighted by Crippen LogP contribution is 2.25. The summed E-state index contributed by atoms with van der Waals surface area (Å²) in [6, 6.07) is 13.2. The normalized spacial score (nSPS) is 11.6. The monoisotopic (exact) mass is 399 g/mol. The number of benzene rings is 2. The van der Waals surface area contributed by atoms with Gasteiger partial charge in [-0.15, -0.1) is 0 Å². The topological polar surface area (TPSA) is 115 Å². The van der Waals surface area contributed by atoms with Gasteiger partial charge >= 0.3 is 5.69 Å². The summed E-state index contributed by atoms with van der Waals surface area (Å²) in [6.07, 6.45) is 3.00. The number of rotatable bonds is 6. The lowest BCUT2D eigenvalue weighted by Gasteiger charge is -2.09. The molecule has 0 unspecified atom stereocenters. The Bertz CT molecular complexity index is 1150. The van der Waals surface area contributed by atoms with Crippen molar-refractivity contribution in [2.75, 3.05) is 4.72 Å². The van der Waals surface area contributed by atoms with Crippen molar-refractivity contribution in [2.45, 2.75) is 18.7 Å². The molecule has 0 bridgehead atoms. The molecule has 3 rings (SSSR count). The van der Waals surface area contributed by atoms with Crippen molar-refractivity contribution in [1.29, 1.82) is 0 Å². The second kappa shape index (κ2) is 7.65.